The molecule has 0 spiro atoms. The summed E-state index contributed by atoms with van der Waals surface area (Å²) in [5, 5.41) is 4.38. The summed E-state index contributed by atoms with van der Waals surface area (Å²) in [4.78, 5) is 29.3. The van der Waals surface area contributed by atoms with Crippen LogP contribution in [0.1, 0.15) is 23.0 Å². The Morgan fingerprint density at radius 2 is 1.82 bits per heavy atom. The smallest absolute Gasteiger partial charge is 0.291 e. The minimum Gasteiger partial charge on any atom is -0.490 e. The van der Waals surface area contributed by atoms with Crippen molar-refractivity contribution in [3.8, 4) is 28.5 Å². The number of nitrogens with zero attached hydrogens (tertiary/aromatic N) is 3. The fraction of sp³-hybridized carbons (Fsp3) is 0.0769. The number of carbonyl (C=O) groups is 1. The van der Waals surface area contributed by atoms with Crippen molar-refractivity contribution in [3.63, 3.8) is 0 Å². The number of aromatic nitrogens is 3. The molecule has 0 unspecified atom stereocenters. The number of hydrogen-bond acceptors (Lipinski definition) is 7. The highest BCUT2D eigenvalue weighted by molar-refractivity contribution is 7.15. The molecule has 2 aromatic carbocycles. The average molecular weight is 470 g/mol. The zero-order chi connectivity index (χ0) is 23.7. The third-order valence-electron chi connectivity index (χ3n) is 5.14. The summed E-state index contributed by atoms with van der Waals surface area (Å²) in [5.41, 5.74) is 2.02. The van der Waals surface area contributed by atoms with Crippen LogP contribution in [0.4, 0.5) is 0 Å². The van der Waals surface area contributed by atoms with Crippen LogP contribution >= 0.6 is 11.3 Å². The molecule has 0 radical (unpaired) electrons. The number of rotatable bonds is 7. The summed E-state index contributed by atoms with van der Waals surface area (Å²) in [6.07, 6.45) is 3.36. The molecule has 0 N–H and O–H groups in total. The fourth-order valence-corrected chi connectivity index (χ4v) is 4.28. The van der Waals surface area contributed by atoms with Crippen LogP contribution in [0.25, 0.3) is 33.7 Å². The van der Waals surface area contributed by atoms with Gasteiger partial charge >= 0.3 is 0 Å². The van der Waals surface area contributed by atoms with Gasteiger partial charge in [-0.2, -0.15) is 9.50 Å². The lowest BCUT2D eigenvalue weighted by molar-refractivity contribution is 0.101. The predicted octanol–water partition coefficient (Wildman–Crippen LogP) is 4.39. The van der Waals surface area contributed by atoms with Crippen molar-refractivity contribution in [3.05, 3.63) is 99.5 Å². The van der Waals surface area contributed by atoms with Gasteiger partial charge in [-0.15, -0.1) is 5.10 Å². The number of carbonyl (C=O) groups excluding carboxylic acids is 1. The van der Waals surface area contributed by atoms with Gasteiger partial charge in [0.2, 0.25) is 4.96 Å². The first kappa shape index (κ1) is 21.5. The van der Waals surface area contributed by atoms with E-state index < -0.39 is 0 Å². The second kappa shape index (κ2) is 8.92. The van der Waals surface area contributed by atoms with Gasteiger partial charge < -0.3 is 9.15 Å². The Bertz CT molecular complexity index is 1610. The van der Waals surface area contributed by atoms with Gasteiger partial charge in [-0.05, 0) is 43.3 Å². The lowest BCUT2D eigenvalue weighted by Crippen LogP contribution is -2.23. The van der Waals surface area contributed by atoms with Crippen molar-refractivity contribution in [2.24, 2.45) is 0 Å². The van der Waals surface area contributed by atoms with E-state index in [2.05, 4.69) is 16.7 Å². The highest BCUT2D eigenvalue weighted by Gasteiger charge is 2.13. The molecule has 0 aliphatic heterocycles. The number of thiazole rings is 1. The minimum absolute atomic E-state index is 0.0111. The van der Waals surface area contributed by atoms with Crippen LogP contribution in [0, 0.1) is 0 Å². The Morgan fingerprint density at radius 3 is 2.50 bits per heavy atom. The average Bonchev–Trinajstić information content (AvgIpc) is 3.56. The van der Waals surface area contributed by atoms with E-state index in [4.69, 9.17) is 9.15 Å². The van der Waals surface area contributed by atoms with E-state index >= 15 is 0 Å². The van der Waals surface area contributed by atoms with Gasteiger partial charge in [-0.25, -0.2) is 0 Å². The number of furan rings is 1. The van der Waals surface area contributed by atoms with Crippen molar-refractivity contribution in [2.45, 2.75) is 6.92 Å². The molecule has 0 aliphatic carbocycles. The second-order valence-electron chi connectivity index (χ2n) is 7.51. The molecule has 7 nitrogen and oxygen atoms in total. The zero-order valence-corrected chi connectivity index (χ0v) is 19.0. The molecule has 0 aliphatic rings. The monoisotopic (exact) mass is 469 g/mol. The number of benzene rings is 2. The maximum Gasteiger partial charge on any atom is 0.291 e. The molecular formula is C26H19N3O4S. The number of Topliss-reactive ketones (excluding diaryl/α,β-unsaturated/α-hetero) is 1. The van der Waals surface area contributed by atoms with Gasteiger partial charge in [-0.1, -0.05) is 48.3 Å². The highest BCUT2D eigenvalue weighted by Crippen LogP contribution is 2.24. The van der Waals surface area contributed by atoms with Crippen LogP contribution < -0.4 is 14.8 Å². The van der Waals surface area contributed by atoms with Gasteiger partial charge in [0.1, 0.15) is 28.4 Å². The molecule has 0 fully saturated rings. The van der Waals surface area contributed by atoms with Crippen molar-refractivity contribution in [1.82, 2.24) is 14.6 Å². The van der Waals surface area contributed by atoms with Crippen molar-refractivity contribution < 1.29 is 13.9 Å². The summed E-state index contributed by atoms with van der Waals surface area (Å²) in [6, 6.07) is 18.2. The van der Waals surface area contributed by atoms with Gasteiger partial charge in [0.05, 0.1) is 0 Å². The lowest BCUT2D eigenvalue weighted by atomic mass is 10.1. The Morgan fingerprint density at radius 1 is 1.09 bits per heavy atom. The van der Waals surface area contributed by atoms with E-state index in [9.17, 15) is 9.59 Å². The Labute approximate surface area is 198 Å². The van der Waals surface area contributed by atoms with E-state index in [-0.39, 0.29) is 11.3 Å². The maximum atomic E-state index is 12.9. The quantitative estimate of drug-likeness (QED) is 0.260. The molecule has 0 saturated heterocycles. The minimum atomic E-state index is -0.256. The van der Waals surface area contributed by atoms with Crippen molar-refractivity contribution >= 4 is 28.2 Å². The van der Waals surface area contributed by atoms with E-state index in [1.54, 1.807) is 30.4 Å². The first-order chi connectivity index (χ1) is 16.5. The highest BCUT2D eigenvalue weighted by atomic mass is 32.1. The molecule has 168 valence electrons. The van der Waals surface area contributed by atoms with Crippen LogP contribution in [-0.2, 0) is 0 Å². The van der Waals surface area contributed by atoms with Crippen molar-refractivity contribution in [1.29, 1.82) is 0 Å². The third-order valence-corrected chi connectivity index (χ3v) is 6.10. The van der Waals surface area contributed by atoms with Crippen LogP contribution in [0.3, 0.4) is 0 Å². The summed E-state index contributed by atoms with van der Waals surface area (Å²) in [5.74, 6) is 2.40. The van der Waals surface area contributed by atoms with Crippen LogP contribution in [-0.4, -0.2) is 27.0 Å². The third kappa shape index (κ3) is 4.18. The van der Waals surface area contributed by atoms with Gasteiger partial charge in [0.25, 0.3) is 5.56 Å². The molecule has 5 aromatic rings. The molecule has 0 amide bonds. The van der Waals surface area contributed by atoms with Crippen LogP contribution in [0.5, 0.6) is 5.75 Å². The molecule has 5 rings (SSSR count). The lowest BCUT2D eigenvalue weighted by Gasteiger charge is -2.02. The molecule has 3 heterocycles. The zero-order valence-electron chi connectivity index (χ0n) is 18.2. The number of hydrogen-bond donors (Lipinski definition) is 0. The number of fused-ring (bicyclic) bond motifs is 1. The molecule has 0 atom stereocenters. The van der Waals surface area contributed by atoms with Gasteiger partial charge in [0.15, 0.2) is 11.6 Å². The SMILES string of the molecule is C=CCOc1ccc(-c2nc3s/c(=C\c4ccc(-c5ccc(C(C)=O)cc5)o4)c(=O)n3n2)cc1. The van der Waals surface area contributed by atoms with Crippen molar-refractivity contribution in [2.75, 3.05) is 6.61 Å². The second-order valence-corrected chi connectivity index (χ2v) is 8.51. The van der Waals surface area contributed by atoms with E-state index in [1.807, 2.05) is 42.5 Å². The standard InChI is InChI=1S/C26H19N3O4S/c1-3-14-32-20-10-8-19(9-11-20)24-27-26-29(28-24)25(31)23(34-26)15-21-12-13-22(33-21)18-6-4-17(5-7-18)16(2)30/h3-13,15H,1,14H2,2H3/b23-15-. The summed E-state index contributed by atoms with van der Waals surface area (Å²) in [6.45, 7) is 5.59. The molecule has 3 aromatic heterocycles. The summed E-state index contributed by atoms with van der Waals surface area (Å²) >= 11 is 1.25. The largest absolute Gasteiger partial charge is 0.490 e. The fourth-order valence-electron chi connectivity index (χ4n) is 3.40. The Kier molecular flexibility index (Phi) is 5.65. The molecule has 0 bridgehead atoms. The summed E-state index contributed by atoms with van der Waals surface area (Å²) < 4.78 is 13.2. The summed E-state index contributed by atoms with van der Waals surface area (Å²) in [7, 11) is 0. The molecule has 34 heavy (non-hydrogen) atoms. The number of ketones is 1. The predicted molar refractivity (Wildman–Crippen MR) is 131 cm³/mol. The van der Waals surface area contributed by atoms with E-state index in [0.29, 0.717) is 39.0 Å². The first-order valence-corrected chi connectivity index (χ1v) is 11.3. The number of ether oxygens (including phenoxy) is 1. The van der Waals surface area contributed by atoms with Gasteiger partial charge in [0, 0.05) is 22.8 Å². The van der Waals surface area contributed by atoms with Gasteiger partial charge in [-0.3, -0.25) is 9.59 Å². The van der Waals surface area contributed by atoms with Crippen LogP contribution in [0.2, 0.25) is 0 Å². The molecule has 0 saturated carbocycles. The maximum absolute atomic E-state index is 12.9. The van der Waals surface area contributed by atoms with Crippen LogP contribution in [0.15, 0.2) is 82.5 Å². The Hall–Kier alpha value is -4.30. The van der Waals surface area contributed by atoms with E-state index in [1.165, 1.54) is 22.8 Å². The normalized spacial score (nSPS) is 11.7. The Balaban J connectivity index is 1.41. The van der Waals surface area contributed by atoms with E-state index in [0.717, 1.165) is 16.9 Å². The molecular weight excluding hydrogens is 450 g/mol. The molecule has 8 heteroatoms. The topological polar surface area (TPSA) is 86.7 Å². The first-order valence-electron chi connectivity index (χ1n) is 10.5.